The summed E-state index contributed by atoms with van der Waals surface area (Å²) in [5, 5.41) is 3.41. The average molecular weight is 380 g/mol. The van der Waals surface area contributed by atoms with Gasteiger partial charge in [0.1, 0.15) is 5.82 Å². The number of piperidine rings is 1. The van der Waals surface area contributed by atoms with Crippen LogP contribution in [0.2, 0.25) is 0 Å². The summed E-state index contributed by atoms with van der Waals surface area (Å²) < 4.78 is 10.9. The third kappa shape index (κ3) is 3.33. The normalized spacial score (nSPS) is 15.3. The number of hydrogen-bond donors (Lipinski definition) is 2. The minimum Gasteiger partial charge on any atom is -0.493 e. The van der Waals surface area contributed by atoms with Gasteiger partial charge in [-0.05, 0) is 50.0 Å². The van der Waals surface area contributed by atoms with Gasteiger partial charge in [0, 0.05) is 17.0 Å². The molecule has 2 N–H and O–H groups in total. The minimum atomic E-state index is 0.326. The predicted molar refractivity (Wildman–Crippen MR) is 111 cm³/mol. The lowest BCUT2D eigenvalue weighted by atomic mass is 9.96. The van der Waals surface area contributed by atoms with E-state index in [-0.39, 0.29) is 0 Å². The Labute approximate surface area is 165 Å². The molecule has 1 fully saturated rings. The maximum Gasteiger partial charge on any atom is 0.161 e. The molecular weight excluding hydrogens is 352 g/mol. The van der Waals surface area contributed by atoms with Crippen LogP contribution in [0.25, 0.3) is 22.3 Å². The van der Waals surface area contributed by atoms with Crippen LogP contribution in [-0.4, -0.2) is 42.3 Å². The first-order valence-corrected chi connectivity index (χ1v) is 9.94. The molecule has 0 saturated carbocycles. The molecule has 0 aliphatic carbocycles. The first-order valence-electron chi connectivity index (χ1n) is 9.94. The molecule has 2 aromatic heterocycles. The van der Waals surface area contributed by atoms with Crippen molar-refractivity contribution >= 4 is 11.0 Å². The lowest BCUT2D eigenvalue weighted by molar-refractivity contribution is 0.355. The number of fused-ring (bicyclic) bond motifs is 1. The SMILES string of the molecule is COc1ccc(-c2[nH]c3cnc(C4CCNCC4)nc3c2C(C)C)cc1OC. The van der Waals surface area contributed by atoms with Gasteiger partial charge >= 0.3 is 0 Å². The number of rotatable bonds is 5. The lowest BCUT2D eigenvalue weighted by Gasteiger charge is -2.21. The summed E-state index contributed by atoms with van der Waals surface area (Å²) in [6.45, 7) is 6.48. The zero-order valence-corrected chi connectivity index (χ0v) is 17.0. The van der Waals surface area contributed by atoms with Crippen molar-refractivity contribution in [2.45, 2.75) is 38.5 Å². The molecule has 0 amide bonds. The minimum absolute atomic E-state index is 0.326. The van der Waals surface area contributed by atoms with Gasteiger partial charge in [0.25, 0.3) is 0 Å². The highest BCUT2D eigenvalue weighted by atomic mass is 16.5. The van der Waals surface area contributed by atoms with Crippen molar-refractivity contribution in [2.75, 3.05) is 27.3 Å². The van der Waals surface area contributed by atoms with Crippen LogP contribution in [-0.2, 0) is 0 Å². The van der Waals surface area contributed by atoms with Crippen LogP contribution in [0.15, 0.2) is 24.4 Å². The van der Waals surface area contributed by atoms with Crippen LogP contribution in [0.3, 0.4) is 0 Å². The van der Waals surface area contributed by atoms with Gasteiger partial charge in [-0.25, -0.2) is 9.97 Å². The predicted octanol–water partition coefficient (Wildman–Crippen LogP) is 4.23. The number of methoxy groups -OCH3 is 2. The molecule has 1 saturated heterocycles. The first-order chi connectivity index (χ1) is 13.6. The molecule has 1 aliphatic rings. The van der Waals surface area contributed by atoms with Crippen molar-refractivity contribution in [3.8, 4) is 22.8 Å². The molecule has 1 aromatic carbocycles. The van der Waals surface area contributed by atoms with Crippen LogP contribution in [0, 0.1) is 0 Å². The fourth-order valence-electron chi connectivity index (χ4n) is 4.07. The van der Waals surface area contributed by atoms with Gasteiger partial charge in [-0.15, -0.1) is 0 Å². The van der Waals surface area contributed by atoms with E-state index in [0.29, 0.717) is 11.8 Å². The number of benzene rings is 1. The summed E-state index contributed by atoms with van der Waals surface area (Å²) in [6, 6.07) is 6.01. The molecule has 28 heavy (non-hydrogen) atoms. The molecule has 3 heterocycles. The van der Waals surface area contributed by atoms with Gasteiger partial charge in [-0.3, -0.25) is 0 Å². The lowest BCUT2D eigenvalue weighted by Crippen LogP contribution is -2.27. The summed E-state index contributed by atoms with van der Waals surface area (Å²) in [4.78, 5) is 13.2. The van der Waals surface area contributed by atoms with Crippen LogP contribution in [0.1, 0.15) is 49.9 Å². The van der Waals surface area contributed by atoms with E-state index in [1.165, 1.54) is 5.56 Å². The summed E-state index contributed by atoms with van der Waals surface area (Å²) >= 11 is 0. The Kier molecular flexibility index (Phi) is 5.22. The van der Waals surface area contributed by atoms with Crippen LogP contribution in [0.5, 0.6) is 11.5 Å². The number of aromatic nitrogens is 3. The Hall–Kier alpha value is -2.60. The second kappa shape index (κ2) is 7.80. The van der Waals surface area contributed by atoms with E-state index in [4.69, 9.17) is 14.5 Å². The van der Waals surface area contributed by atoms with Crippen molar-refractivity contribution in [3.63, 3.8) is 0 Å². The van der Waals surface area contributed by atoms with Crippen molar-refractivity contribution in [1.82, 2.24) is 20.3 Å². The fourth-order valence-corrected chi connectivity index (χ4v) is 4.07. The zero-order chi connectivity index (χ0) is 19.7. The topological polar surface area (TPSA) is 72.1 Å². The molecule has 0 spiro atoms. The monoisotopic (exact) mass is 380 g/mol. The van der Waals surface area contributed by atoms with Gasteiger partial charge in [0.2, 0.25) is 0 Å². The summed E-state index contributed by atoms with van der Waals surface area (Å²) in [7, 11) is 3.31. The zero-order valence-electron chi connectivity index (χ0n) is 17.0. The van der Waals surface area contributed by atoms with Gasteiger partial charge in [-0.1, -0.05) is 13.8 Å². The van der Waals surface area contributed by atoms with E-state index in [9.17, 15) is 0 Å². The summed E-state index contributed by atoms with van der Waals surface area (Å²) in [6.07, 6.45) is 4.13. The first kappa shape index (κ1) is 18.7. The molecule has 1 aliphatic heterocycles. The summed E-state index contributed by atoms with van der Waals surface area (Å²) in [5.41, 5.74) is 5.36. The maximum atomic E-state index is 5.50. The van der Waals surface area contributed by atoms with Gasteiger partial charge in [-0.2, -0.15) is 0 Å². The van der Waals surface area contributed by atoms with E-state index < -0.39 is 0 Å². The Morgan fingerprint density at radius 2 is 1.82 bits per heavy atom. The number of nitrogens with one attached hydrogen (secondary N) is 2. The molecule has 0 bridgehead atoms. The molecule has 0 unspecified atom stereocenters. The molecule has 0 radical (unpaired) electrons. The largest absolute Gasteiger partial charge is 0.493 e. The van der Waals surface area contributed by atoms with Crippen LogP contribution in [0.4, 0.5) is 0 Å². The van der Waals surface area contributed by atoms with Crippen LogP contribution >= 0.6 is 0 Å². The highest BCUT2D eigenvalue weighted by Crippen LogP contribution is 2.38. The summed E-state index contributed by atoms with van der Waals surface area (Å²) in [5.74, 6) is 3.17. The molecule has 6 nitrogen and oxygen atoms in total. The van der Waals surface area contributed by atoms with Crippen molar-refractivity contribution < 1.29 is 9.47 Å². The van der Waals surface area contributed by atoms with Gasteiger partial charge in [0.15, 0.2) is 11.5 Å². The van der Waals surface area contributed by atoms with E-state index in [1.54, 1.807) is 14.2 Å². The third-order valence-electron chi connectivity index (χ3n) is 5.55. The van der Waals surface area contributed by atoms with Gasteiger partial charge < -0.3 is 19.8 Å². The molecule has 0 atom stereocenters. The average Bonchev–Trinajstić information content (AvgIpc) is 3.12. The molecular formula is C22H28N4O2. The number of ether oxygens (including phenoxy) is 2. The molecule has 3 aromatic rings. The van der Waals surface area contributed by atoms with E-state index in [1.807, 2.05) is 18.3 Å². The van der Waals surface area contributed by atoms with Crippen molar-refractivity contribution in [2.24, 2.45) is 0 Å². The van der Waals surface area contributed by atoms with Crippen molar-refractivity contribution in [1.29, 1.82) is 0 Å². The molecule has 6 heteroatoms. The second-order valence-corrected chi connectivity index (χ2v) is 7.65. The number of nitrogens with zero attached hydrogens (tertiary/aromatic N) is 2. The number of aromatic amines is 1. The Morgan fingerprint density at radius 3 is 2.50 bits per heavy atom. The quantitative estimate of drug-likeness (QED) is 0.693. The molecule has 148 valence electrons. The highest BCUT2D eigenvalue weighted by molar-refractivity contribution is 5.88. The van der Waals surface area contributed by atoms with E-state index >= 15 is 0 Å². The van der Waals surface area contributed by atoms with E-state index in [2.05, 4.69) is 35.2 Å². The smallest absolute Gasteiger partial charge is 0.161 e. The van der Waals surface area contributed by atoms with E-state index in [0.717, 1.165) is 65.5 Å². The highest BCUT2D eigenvalue weighted by Gasteiger charge is 2.22. The molecule has 4 rings (SSSR count). The van der Waals surface area contributed by atoms with Crippen LogP contribution < -0.4 is 14.8 Å². The Morgan fingerprint density at radius 1 is 1.07 bits per heavy atom. The fraction of sp³-hybridized carbons (Fsp3) is 0.455. The number of hydrogen-bond acceptors (Lipinski definition) is 5. The van der Waals surface area contributed by atoms with Gasteiger partial charge in [0.05, 0.1) is 37.1 Å². The third-order valence-corrected chi connectivity index (χ3v) is 5.55. The maximum absolute atomic E-state index is 5.50. The second-order valence-electron chi connectivity index (χ2n) is 7.65. The number of H-pyrrole nitrogens is 1. The van der Waals surface area contributed by atoms with Crippen molar-refractivity contribution in [3.05, 3.63) is 35.8 Å². The Bertz CT molecular complexity index is 974. The Balaban J connectivity index is 1.83. The standard InChI is InChI=1S/C22H28N4O2/c1-13(2)19-20(15-5-6-17(27-3)18(11-15)28-4)25-16-12-24-22(26-21(16)19)14-7-9-23-10-8-14/h5-6,11-14,23,25H,7-10H2,1-4H3.